The standard InChI is InChI=1S/C25H28N2O3S/c1-4-23(27(31(3,29)30)22-17-15-19(2)16-18-22)25(28)26-24(20-11-7-5-8-12-20)21-13-9-6-10-14-21/h5-18,23-24H,4H2,1-3H3,(H,26,28)/t23-/m0/s1. The lowest BCUT2D eigenvalue weighted by atomic mass is 9.98. The monoisotopic (exact) mass is 436 g/mol. The topological polar surface area (TPSA) is 66.5 Å². The number of hydrogen-bond acceptors (Lipinski definition) is 3. The van der Waals surface area contributed by atoms with Crippen molar-refractivity contribution in [3.8, 4) is 0 Å². The highest BCUT2D eigenvalue weighted by Crippen LogP contribution is 2.26. The van der Waals surface area contributed by atoms with E-state index in [-0.39, 0.29) is 11.9 Å². The third kappa shape index (κ3) is 5.52. The molecule has 0 saturated heterocycles. The summed E-state index contributed by atoms with van der Waals surface area (Å²) in [6.07, 6.45) is 1.47. The van der Waals surface area contributed by atoms with Gasteiger partial charge in [-0.05, 0) is 36.6 Å². The molecule has 0 fully saturated rings. The van der Waals surface area contributed by atoms with Gasteiger partial charge in [-0.1, -0.05) is 85.3 Å². The average Bonchev–Trinajstić information content (AvgIpc) is 2.77. The average molecular weight is 437 g/mol. The van der Waals surface area contributed by atoms with Gasteiger partial charge in [-0.15, -0.1) is 0 Å². The molecule has 0 aliphatic carbocycles. The summed E-state index contributed by atoms with van der Waals surface area (Å²) in [7, 11) is -3.68. The first-order valence-electron chi connectivity index (χ1n) is 10.3. The third-order valence-corrected chi connectivity index (χ3v) is 6.35. The lowest BCUT2D eigenvalue weighted by Crippen LogP contribution is -2.50. The van der Waals surface area contributed by atoms with Crippen molar-refractivity contribution in [1.82, 2.24) is 5.32 Å². The second kappa shape index (κ2) is 9.79. The lowest BCUT2D eigenvalue weighted by Gasteiger charge is -2.32. The molecule has 0 saturated carbocycles. The van der Waals surface area contributed by atoms with Crippen molar-refractivity contribution in [2.45, 2.75) is 32.4 Å². The number of benzene rings is 3. The molecule has 1 N–H and O–H groups in total. The Morgan fingerprint density at radius 3 is 1.77 bits per heavy atom. The molecule has 0 bridgehead atoms. The van der Waals surface area contributed by atoms with Crippen LogP contribution in [0.25, 0.3) is 0 Å². The van der Waals surface area contributed by atoms with E-state index in [1.54, 1.807) is 12.1 Å². The first kappa shape index (κ1) is 22.6. The Kier molecular flexibility index (Phi) is 7.13. The molecular weight excluding hydrogens is 408 g/mol. The minimum Gasteiger partial charge on any atom is -0.343 e. The van der Waals surface area contributed by atoms with Gasteiger partial charge in [0.15, 0.2) is 0 Å². The molecule has 1 atom stereocenters. The number of sulfonamides is 1. The van der Waals surface area contributed by atoms with E-state index < -0.39 is 16.1 Å². The van der Waals surface area contributed by atoms with E-state index in [9.17, 15) is 13.2 Å². The van der Waals surface area contributed by atoms with E-state index in [1.807, 2.05) is 86.6 Å². The van der Waals surface area contributed by atoms with Crippen LogP contribution in [0.1, 0.15) is 36.1 Å². The summed E-state index contributed by atoms with van der Waals surface area (Å²) in [5.74, 6) is -0.341. The smallest absolute Gasteiger partial charge is 0.244 e. The Labute approximate surface area is 184 Å². The van der Waals surface area contributed by atoms with E-state index >= 15 is 0 Å². The molecule has 0 aliphatic rings. The molecule has 0 aliphatic heterocycles. The van der Waals surface area contributed by atoms with Gasteiger partial charge >= 0.3 is 0 Å². The molecule has 3 aromatic carbocycles. The Balaban J connectivity index is 1.97. The molecule has 1 amide bonds. The molecule has 0 unspecified atom stereocenters. The summed E-state index contributed by atoms with van der Waals surface area (Å²) in [6, 6.07) is 25.2. The quantitative estimate of drug-likeness (QED) is 0.567. The van der Waals surface area contributed by atoms with Crippen LogP contribution in [0.15, 0.2) is 84.9 Å². The minimum atomic E-state index is -3.68. The zero-order valence-electron chi connectivity index (χ0n) is 18.0. The van der Waals surface area contributed by atoms with Crippen molar-refractivity contribution >= 4 is 21.6 Å². The number of carbonyl (C=O) groups excluding carboxylic acids is 1. The summed E-state index contributed by atoms with van der Waals surface area (Å²) in [4.78, 5) is 13.4. The highest BCUT2D eigenvalue weighted by Gasteiger charge is 2.33. The number of nitrogens with zero attached hydrogens (tertiary/aromatic N) is 1. The summed E-state index contributed by atoms with van der Waals surface area (Å²) in [6.45, 7) is 3.75. The molecule has 162 valence electrons. The lowest BCUT2D eigenvalue weighted by molar-refractivity contribution is -0.122. The zero-order valence-corrected chi connectivity index (χ0v) is 18.8. The molecule has 0 spiro atoms. The second-order valence-corrected chi connectivity index (χ2v) is 9.44. The summed E-state index contributed by atoms with van der Waals surface area (Å²) >= 11 is 0. The molecule has 3 rings (SSSR count). The first-order chi connectivity index (χ1) is 14.8. The van der Waals surface area contributed by atoms with Crippen LogP contribution in [0.2, 0.25) is 0 Å². The van der Waals surface area contributed by atoms with Crippen LogP contribution in [0.4, 0.5) is 5.69 Å². The second-order valence-electron chi connectivity index (χ2n) is 7.58. The van der Waals surface area contributed by atoms with Crippen molar-refractivity contribution in [3.05, 3.63) is 102 Å². The molecule has 0 aromatic heterocycles. The molecule has 0 radical (unpaired) electrons. The highest BCUT2D eigenvalue weighted by molar-refractivity contribution is 7.92. The largest absolute Gasteiger partial charge is 0.343 e. The Bertz CT molecular complexity index is 1060. The van der Waals surface area contributed by atoms with Crippen LogP contribution >= 0.6 is 0 Å². The summed E-state index contributed by atoms with van der Waals surface area (Å²) in [5.41, 5.74) is 3.35. The number of aryl methyl sites for hydroxylation is 1. The van der Waals surface area contributed by atoms with Crippen molar-refractivity contribution in [2.24, 2.45) is 0 Å². The van der Waals surface area contributed by atoms with Gasteiger partial charge in [0, 0.05) is 0 Å². The predicted octanol–water partition coefficient (Wildman–Crippen LogP) is 4.45. The van der Waals surface area contributed by atoms with Crippen LogP contribution in [0.3, 0.4) is 0 Å². The van der Waals surface area contributed by atoms with E-state index in [0.717, 1.165) is 22.9 Å². The number of carbonyl (C=O) groups is 1. The van der Waals surface area contributed by atoms with Gasteiger partial charge in [0.2, 0.25) is 15.9 Å². The SMILES string of the molecule is CC[C@@H](C(=O)NC(c1ccccc1)c1ccccc1)N(c1ccc(C)cc1)S(C)(=O)=O. The van der Waals surface area contributed by atoms with Crippen molar-refractivity contribution in [2.75, 3.05) is 10.6 Å². The molecule has 31 heavy (non-hydrogen) atoms. The maximum Gasteiger partial charge on any atom is 0.244 e. The Morgan fingerprint density at radius 2 is 1.35 bits per heavy atom. The Morgan fingerprint density at radius 1 is 0.871 bits per heavy atom. The molecule has 5 nitrogen and oxygen atoms in total. The van der Waals surface area contributed by atoms with E-state index in [1.165, 1.54) is 4.31 Å². The zero-order chi connectivity index (χ0) is 22.4. The highest BCUT2D eigenvalue weighted by atomic mass is 32.2. The third-order valence-electron chi connectivity index (χ3n) is 5.17. The fourth-order valence-corrected chi connectivity index (χ4v) is 4.85. The number of rotatable bonds is 8. The van der Waals surface area contributed by atoms with E-state index in [0.29, 0.717) is 12.1 Å². The van der Waals surface area contributed by atoms with Gasteiger partial charge in [-0.25, -0.2) is 8.42 Å². The number of amides is 1. The van der Waals surface area contributed by atoms with Crippen molar-refractivity contribution < 1.29 is 13.2 Å². The van der Waals surface area contributed by atoms with E-state index in [4.69, 9.17) is 0 Å². The molecular formula is C25H28N2O3S. The van der Waals surface area contributed by atoms with Gasteiger partial charge in [-0.2, -0.15) is 0 Å². The van der Waals surface area contributed by atoms with Gasteiger partial charge in [0.25, 0.3) is 0 Å². The van der Waals surface area contributed by atoms with Crippen LogP contribution in [0.5, 0.6) is 0 Å². The predicted molar refractivity (Wildman–Crippen MR) is 125 cm³/mol. The fourth-order valence-electron chi connectivity index (χ4n) is 3.64. The number of nitrogens with one attached hydrogen (secondary N) is 1. The van der Waals surface area contributed by atoms with Crippen molar-refractivity contribution in [1.29, 1.82) is 0 Å². The van der Waals surface area contributed by atoms with Gasteiger partial charge < -0.3 is 5.32 Å². The normalized spacial score (nSPS) is 12.4. The van der Waals surface area contributed by atoms with Crippen LogP contribution < -0.4 is 9.62 Å². The van der Waals surface area contributed by atoms with Crippen LogP contribution in [-0.2, 0) is 14.8 Å². The van der Waals surface area contributed by atoms with Gasteiger partial charge in [-0.3, -0.25) is 9.10 Å². The fraction of sp³-hybridized carbons (Fsp3) is 0.240. The summed E-state index contributed by atoms with van der Waals surface area (Å²) < 4.78 is 26.6. The number of anilines is 1. The maximum absolute atomic E-state index is 13.4. The van der Waals surface area contributed by atoms with E-state index in [2.05, 4.69) is 5.32 Å². The van der Waals surface area contributed by atoms with Gasteiger partial charge in [0.1, 0.15) is 6.04 Å². The van der Waals surface area contributed by atoms with Crippen molar-refractivity contribution in [3.63, 3.8) is 0 Å². The van der Waals surface area contributed by atoms with Crippen LogP contribution in [0, 0.1) is 6.92 Å². The summed E-state index contributed by atoms with van der Waals surface area (Å²) in [5, 5.41) is 3.09. The first-order valence-corrected chi connectivity index (χ1v) is 12.1. The molecule has 0 heterocycles. The maximum atomic E-state index is 13.4. The van der Waals surface area contributed by atoms with Crippen LogP contribution in [-0.4, -0.2) is 26.6 Å². The number of hydrogen-bond donors (Lipinski definition) is 1. The minimum absolute atomic E-state index is 0.336. The van der Waals surface area contributed by atoms with Gasteiger partial charge in [0.05, 0.1) is 18.0 Å². The molecule has 3 aromatic rings. The Hall–Kier alpha value is -3.12. The molecule has 6 heteroatoms.